The maximum absolute atomic E-state index is 12.1. The smallest absolute Gasteiger partial charge is 0.267 e. The van der Waals surface area contributed by atoms with E-state index in [1.54, 1.807) is 0 Å². The molecule has 1 saturated carbocycles. The van der Waals surface area contributed by atoms with Crippen LogP contribution in [0.5, 0.6) is 0 Å². The molecule has 0 spiro atoms. The number of carbonyl (C=O) groups excluding carboxylic acids is 1. The van der Waals surface area contributed by atoms with Crippen molar-refractivity contribution in [3.8, 4) is 0 Å². The topological polar surface area (TPSA) is 34.0 Å². The molecule has 4 heteroatoms. The highest BCUT2D eigenvalue weighted by Crippen LogP contribution is 2.47. The first-order chi connectivity index (χ1) is 8.10. The number of halogens is 1. The summed E-state index contributed by atoms with van der Waals surface area (Å²) in [5.41, 5.74) is 1.14. The van der Waals surface area contributed by atoms with Crippen LogP contribution in [-0.4, -0.2) is 17.0 Å². The minimum atomic E-state index is 0.0391. The fourth-order valence-electron chi connectivity index (χ4n) is 2.12. The first-order valence-corrected chi connectivity index (χ1v) is 7.03. The third-order valence-corrected chi connectivity index (χ3v) is 4.20. The number of nitrogens with zero attached hydrogens (tertiary/aromatic N) is 1. The third kappa shape index (κ3) is 2.73. The fraction of sp³-hybridized carbons (Fsp3) is 0.615. The molecule has 0 aromatic carbocycles. The van der Waals surface area contributed by atoms with Gasteiger partial charge in [0.1, 0.15) is 5.69 Å². The maximum atomic E-state index is 12.1. The molecule has 0 radical (unpaired) electrons. The van der Waals surface area contributed by atoms with Crippen LogP contribution in [0.2, 0.25) is 0 Å². The highest BCUT2D eigenvalue weighted by Gasteiger charge is 2.40. The summed E-state index contributed by atoms with van der Waals surface area (Å²) in [5, 5.41) is 3.06. The van der Waals surface area contributed by atoms with Gasteiger partial charge >= 0.3 is 0 Å². The van der Waals surface area contributed by atoms with Crippen molar-refractivity contribution < 1.29 is 4.79 Å². The Morgan fingerprint density at radius 2 is 2.24 bits per heavy atom. The molecular weight excluding hydrogens is 280 g/mol. The minimum absolute atomic E-state index is 0.0391. The van der Waals surface area contributed by atoms with E-state index in [4.69, 9.17) is 0 Å². The van der Waals surface area contributed by atoms with Crippen molar-refractivity contribution in [2.24, 2.45) is 5.41 Å². The zero-order valence-corrected chi connectivity index (χ0v) is 12.0. The number of carbonyl (C=O) groups is 1. The molecule has 1 aliphatic rings. The van der Waals surface area contributed by atoms with Crippen molar-refractivity contribution in [2.75, 3.05) is 6.54 Å². The lowest BCUT2D eigenvalue weighted by atomic mass is 10.0. The van der Waals surface area contributed by atoms with Gasteiger partial charge in [-0.15, -0.1) is 0 Å². The summed E-state index contributed by atoms with van der Waals surface area (Å²) >= 11 is 3.41. The Labute approximate surface area is 111 Å². The molecule has 1 amide bonds. The summed E-state index contributed by atoms with van der Waals surface area (Å²) in [6.45, 7) is 5.87. The van der Waals surface area contributed by atoms with Gasteiger partial charge < -0.3 is 9.88 Å². The molecule has 1 heterocycles. The van der Waals surface area contributed by atoms with Crippen LogP contribution in [0.4, 0.5) is 0 Å². The maximum Gasteiger partial charge on any atom is 0.267 e. The third-order valence-electron chi connectivity index (χ3n) is 3.77. The SMILES string of the molecule is CCn1cc(Br)cc1C(=O)NCC1(CC)CC1. The Hall–Kier alpha value is -0.770. The summed E-state index contributed by atoms with van der Waals surface area (Å²) in [7, 11) is 0. The van der Waals surface area contributed by atoms with Gasteiger partial charge in [-0.1, -0.05) is 6.92 Å². The van der Waals surface area contributed by atoms with E-state index < -0.39 is 0 Å². The fourth-order valence-corrected chi connectivity index (χ4v) is 2.58. The molecule has 1 aromatic heterocycles. The second-order valence-electron chi connectivity index (χ2n) is 4.87. The van der Waals surface area contributed by atoms with Crippen LogP contribution >= 0.6 is 15.9 Å². The van der Waals surface area contributed by atoms with Gasteiger partial charge in [0.05, 0.1) is 0 Å². The lowest BCUT2D eigenvalue weighted by molar-refractivity contribution is 0.0935. The molecule has 0 bridgehead atoms. The molecule has 3 nitrogen and oxygen atoms in total. The quantitative estimate of drug-likeness (QED) is 0.890. The van der Waals surface area contributed by atoms with Crippen LogP contribution in [0, 0.1) is 5.41 Å². The summed E-state index contributed by atoms with van der Waals surface area (Å²) in [4.78, 5) is 12.1. The van der Waals surface area contributed by atoms with Gasteiger partial charge in [0, 0.05) is 23.8 Å². The molecule has 94 valence electrons. The molecule has 1 aliphatic carbocycles. The molecular formula is C13H19BrN2O. The van der Waals surface area contributed by atoms with E-state index in [0.717, 1.165) is 29.7 Å². The van der Waals surface area contributed by atoms with Gasteiger partial charge in [0.2, 0.25) is 0 Å². The number of aromatic nitrogens is 1. The van der Waals surface area contributed by atoms with Crippen LogP contribution < -0.4 is 5.32 Å². The molecule has 1 N–H and O–H groups in total. The molecule has 1 fully saturated rings. The lowest BCUT2D eigenvalue weighted by Crippen LogP contribution is -2.31. The molecule has 0 saturated heterocycles. The molecule has 2 rings (SSSR count). The summed E-state index contributed by atoms with van der Waals surface area (Å²) in [6.07, 6.45) is 5.61. The Bertz CT molecular complexity index is 421. The highest BCUT2D eigenvalue weighted by atomic mass is 79.9. The predicted octanol–water partition coefficient (Wildman–Crippen LogP) is 3.19. The van der Waals surface area contributed by atoms with Crippen LogP contribution in [0.25, 0.3) is 0 Å². The first-order valence-electron chi connectivity index (χ1n) is 6.24. The van der Waals surface area contributed by atoms with E-state index in [-0.39, 0.29) is 5.91 Å². The van der Waals surface area contributed by atoms with E-state index in [1.807, 2.05) is 23.8 Å². The predicted molar refractivity (Wildman–Crippen MR) is 72.1 cm³/mol. The standard InChI is InChI=1S/C13H19BrN2O/c1-3-13(5-6-13)9-15-12(17)11-7-10(14)8-16(11)4-2/h7-8H,3-6,9H2,1-2H3,(H,15,17). The van der Waals surface area contributed by atoms with Gasteiger partial charge in [-0.2, -0.15) is 0 Å². The second kappa shape index (κ2) is 4.84. The van der Waals surface area contributed by atoms with Crippen LogP contribution in [-0.2, 0) is 6.54 Å². The second-order valence-corrected chi connectivity index (χ2v) is 5.78. The zero-order chi connectivity index (χ0) is 12.5. The summed E-state index contributed by atoms with van der Waals surface area (Å²) < 4.78 is 2.92. The molecule has 0 unspecified atom stereocenters. The van der Waals surface area contributed by atoms with Gasteiger partial charge in [-0.3, -0.25) is 4.79 Å². The Morgan fingerprint density at radius 1 is 1.53 bits per heavy atom. The molecule has 1 aromatic rings. The van der Waals surface area contributed by atoms with Gasteiger partial charge in [-0.25, -0.2) is 0 Å². The van der Waals surface area contributed by atoms with Gasteiger partial charge in [0.15, 0.2) is 0 Å². The van der Waals surface area contributed by atoms with Crippen LogP contribution in [0.3, 0.4) is 0 Å². The Kier molecular flexibility index (Phi) is 3.61. The van der Waals surface area contributed by atoms with E-state index in [9.17, 15) is 4.79 Å². The average Bonchev–Trinajstić information content (AvgIpc) is 3.02. The van der Waals surface area contributed by atoms with Crippen LogP contribution in [0.15, 0.2) is 16.7 Å². The first kappa shape index (κ1) is 12.7. The lowest BCUT2D eigenvalue weighted by Gasteiger charge is -2.14. The number of hydrogen-bond acceptors (Lipinski definition) is 1. The molecule has 17 heavy (non-hydrogen) atoms. The van der Waals surface area contributed by atoms with E-state index in [0.29, 0.717) is 5.41 Å². The van der Waals surface area contributed by atoms with Crippen molar-refractivity contribution in [3.05, 3.63) is 22.4 Å². The van der Waals surface area contributed by atoms with Crippen LogP contribution in [0.1, 0.15) is 43.6 Å². The zero-order valence-electron chi connectivity index (χ0n) is 10.4. The largest absolute Gasteiger partial charge is 0.350 e. The summed E-state index contributed by atoms with van der Waals surface area (Å²) in [5.74, 6) is 0.0391. The van der Waals surface area contributed by atoms with Gasteiger partial charge in [0.25, 0.3) is 5.91 Å². The van der Waals surface area contributed by atoms with Crippen molar-refractivity contribution in [3.63, 3.8) is 0 Å². The average molecular weight is 299 g/mol. The van der Waals surface area contributed by atoms with Gasteiger partial charge in [-0.05, 0) is 53.6 Å². The van der Waals surface area contributed by atoms with Crippen molar-refractivity contribution in [1.29, 1.82) is 0 Å². The highest BCUT2D eigenvalue weighted by molar-refractivity contribution is 9.10. The number of hydrogen-bond donors (Lipinski definition) is 1. The number of aryl methyl sites for hydroxylation is 1. The number of rotatable bonds is 5. The van der Waals surface area contributed by atoms with E-state index >= 15 is 0 Å². The van der Waals surface area contributed by atoms with Crippen molar-refractivity contribution in [1.82, 2.24) is 9.88 Å². The normalized spacial score (nSPS) is 16.9. The van der Waals surface area contributed by atoms with E-state index in [2.05, 4.69) is 28.2 Å². The molecule has 0 atom stereocenters. The van der Waals surface area contributed by atoms with Crippen molar-refractivity contribution >= 4 is 21.8 Å². The summed E-state index contributed by atoms with van der Waals surface area (Å²) in [6, 6.07) is 1.88. The van der Waals surface area contributed by atoms with E-state index in [1.165, 1.54) is 12.8 Å². The number of nitrogens with one attached hydrogen (secondary N) is 1. The monoisotopic (exact) mass is 298 g/mol. The number of amides is 1. The molecule has 0 aliphatic heterocycles. The Morgan fingerprint density at radius 3 is 2.76 bits per heavy atom. The Balaban J connectivity index is 1.99. The minimum Gasteiger partial charge on any atom is -0.350 e. The van der Waals surface area contributed by atoms with Crippen molar-refractivity contribution in [2.45, 2.75) is 39.7 Å².